The number of amides is 1. The normalized spacial score (nSPS) is 26.9. The third-order valence-electron chi connectivity index (χ3n) is 3.72. The van der Waals surface area contributed by atoms with Gasteiger partial charge in [0.1, 0.15) is 0 Å². The molecule has 2 aliphatic heterocycles. The molecule has 0 aromatic heterocycles. The van der Waals surface area contributed by atoms with Crippen LogP contribution in [0.15, 0.2) is 0 Å². The molecule has 0 aromatic carbocycles. The fourth-order valence-corrected chi connectivity index (χ4v) is 2.62. The molecule has 0 saturated carbocycles. The Hall–Kier alpha value is -1.24. The Morgan fingerprint density at radius 2 is 1.94 bits per heavy atom. The number of nitriles is 1. The molecule has 4 nitrogen and oxygen atoms in total. The second kappa shape index (κ2) is 4.73. The highest BCUT2D eigenvalue weighted by molar-refractivity contribution is 5.79. The molecule has 0 radical (unpaired) electrons. The first-order valence-corrected chi connectivity index (χ1v) is 6.14. The quantitative estimate of drug-likeness (QED) is 0.622. The van der Waals surface area contributed by atoms with Gasteiger partial charge in [-0.25, -0.2) is 0 Å². The van der Waals surface area contributed by atoms with Crippen LogP contribution in [0.1, 0.15) is 26.2 Å². The average molecular weight is 221 g/mol. The fourth-order valence-electron chi connectivity index (χ4n) is 2.62. The largest absolute Gasteiger partial charge is 0.342 e. The van der Waals surface area contributed by atoms with E-state index in [4.69, 9.17) is 5.26 Å². The molecule has 0 spiro atoms. The van der Waals surface area contributed by atoms with E-state index in [-0.39, 0.29) is 5.92 Å². The third-order valence-corrected chi connectivity index (χ3v) is 3.72. The van der Waals surface area contributed by atoms with Gasteiger partial charge in [-0.3, -0.25) is 4.79 Å². The van der Waals surface area contributed by atoms with Crippen molar-refractivity contribution in [2.75, 3.05) is 26.2 Å². The summed E-state index contributed by atoms with van der Waals surface area (Å²) in [6, 6.07) is 0. The molecule has 1 unspecified atom stereocenters. The summed E-state index contributed by atoms with van der Waals surface area (Å²) in [5.74, 6) is 1.14. The Morgan fingerprint density at radius 3 is 2.44 bits per heavy atom. The molecule has 1 amide bonds. The van der Waals surface area contributed by atoms with Crippen LogP contribution in [-0.2, 0) is 4.79 Å². The van der Waals surface area contributed by atoms with Crippen LogP contribution in [0.4, 0.5) is 0 Å². The minimum absolute atomic E-state index is 0.162. The third kappa shape index (κ3) is 2.29. The van der Waals surface area contributed by atoms with Crippen LogP contribution in [-0.4, -0.2) is 41.9 Å². The highest BCUT2D eigenvalue weighted by Gasteiger charge is 2.31. The molecule has 0 aromatic rings. The number of hydrogen-bond donors (Lipinski definition) is 0. The number of nitrogens with zero attached hydrogens (tertiary/aromatic N) is 3. The van der Waals surface area contributed by atoms with Crippen LogP contribution >= 0.6 is 0 Å². The van der Waals surface area contributed by atoms with Gasteiger partial charge in [-0.1, -0.05) is 6.92 Å². The highest BCUT2D eigenvalue weighted by Crippen LogP contribution is 2.23. The summed E-state index contributed by atoms with van der Waals surface area (Å²) in [5.41, 5.74) is 0. The zero-order chi connectivity index (χ0) is 11.5. The maximum Gasteiger partial charge on any atom is 0.225 e. The number of hydrogen-bond acceptors (Lipinski definition) is 3. The zero-order valence-electron chi connectivity index (χ0n) is 9.85. The first-order valence-electron chi connectivity index (χ1n) is 6.14. The molecule has 16 heavy (non-hydrogen) atoms. The lowest BCUT2D eigenvalue weighted by molar-refractivity contribution is -0.135. The molecular weight excluding hydrogens is 202 g/mol. The lowest BCUT2D eigenvalue weighted by atomic mass is 9.96. The van der Waals surface area contributed by atoms with Crippen LogP contribution in [0.3, 0.4) is 0 Å². The second-order valence-corrected chi connectivity index (χ2v) is 5.04. The lowest BCUT2D eigenvalue weighted by Crippen LogP contribution is -2.40. The molecule has 2 fully saturated rings. The Morgan fingerprint density at radius 1 is 1.25 bits per heavy atom. The summed E-state index contributed by atoms with van der Waals surface area (Å²) in [4.78, 5) is 15.9. The van der Waals surface area contributed by atoms with Crippen LogP contribution in [0.5, 0.6) is 0 Å². The van der Waals surface area contributed by atoms with Gasteiger partial charge in [-0.05, 0) is 25.2 Å². The van der Waals surface area contributed by atoms with E-state index in [1.165, 1.54) is 0 Å². The maximum atomic E-state index is 12.2. The zero-order valence-corrected chi connectivity index (χ0v) is 9.85. The smallest absolute Gasteiger partial charge is 0.225 e. The van der Waals surface area contributed by atoms with Crippen LogP contribution in [0, 0.1) is 23.3 Å². The predicted molar refractivity (Wildman–Crippen MR) is 60.3 cm³/mol. The molecule has 2 heterocycles. The van der Waals surface area contributed by atoms with Crippen molar-refractivity contribution >= 4 is 5.91 Å². The Kier molecular flexibility index (Phi) is 3.33. The van der Waals surface area contributed by atoms with Crippen LogP contribution in [0.2, 0.25) is 0 Å². The number of piperidine rings is 1. The maximum absolute atomic E-state index is 12.2. The van der Waals surface area contributed by atoms with Gasteiger partial charge in [-0.15, -0.1) is 0 Å². The predicted octanol–water partition coefficient (Wildman–Crippen LogP) is 1.05. The van der Waals surface area contributed by atoms with Gasteiger partial charge in [0, 0.05) is 32.1 Å². The molecule has 2 rings (SSSR count). The number of carbonyl (C=O) groups is 1. The minimum Gasteiger partial charge on any atom is -0.342 e. The molecule has 4 heteroatoms. The summed E-state index contributed by atoms with van der Waals surface area (Å²) < 4.78 is 0. The van der Waals surface area contributed by atoms with E-state index in [1.807, 2.05) is 4.90 Å². The molecule has 0 aliphatic carbocycles. The van der Waals surface area contributed by atoms with Crippen molar-refractivity contribution in [2.24, 2.45) is 11.8 Å². The monoisotopic (exact) mass is 221 g/mol. The first kappa shape index (κ1) is 11.3. The van der Waals surface area contributed by atoms with Crippen molar-refractivity contribution in [1.29, 1.82) is 5.26 Å². The van der Waals surface area contributed by atoms with Gasteiger partial charge >= 0.3 is 0 Å². The Balaban J connectivity index is 1.85. The summed E-state index contributed by atoms with van der Waals surface area (Å²) >= 11 is 0. The summed E-state index contributed by atoms with van der Waals surface area (Å²) in [6.45, 7) is 5.55. The standard InChI is InChI=1S/C12H19N3O/c1-10-2-7-15(8-10)12(16)11-3-5-14(9-13)6-4-11/h10-11H,2-8H2,1H3. The van der Waals surface area contributed by atoms with E-state index in [1.54, 1.807) is 4.90 Å². The highest BCUT2D eigenvalue weighted by atomic mass is 16.2. The molecule has 0 bridgehead atoms. The van der Waals surface area contributed by atoms with Gasteiger partial charge in [-0.2, -0.15) is 5.26 Å². The summed E-state index contributed by atoms with van der Waals surface area (Å²) in [7, 11) is 0. The van der Waals surface area contributed by atoms with E-state index < -0.39 is 0 Å². The van der Waals surface area contributed by atoms with Crippen molar-refractivity contribution in [3.05, 3.63) is 0 Å². The van der Waals surface area contributed by atoms with Crippen molar-refractivity contribution in [3.8, 4) is 6.19 Å². The van der Waals surface area contributed by atoms with Crippen molar-refractivity contribution < 1.29 is 4.79 Å². The van der Waals surface area contributed by atoms with E-state index in [0.29, 0.717) is 11.8 Å². The van der Waals surface area contributed by atoms with Gasteiger partial charge in [0.25, 0.3) is 0 Å². The van der Waals surface area contributed by atoms with Crippen LogP contribution < -0.4 is 0 Å². The van der Waals surface area contributed by atoms with E-state index >= 15 is 0 Å². The van der Waals surface area contributed by atoms with Crippen molar-refractivity contribution in [3.63, 3.8) is 0 Å². The van der Waals surface area contributed by atoms with Gasteiger partial charge in [0.05, 0.1) is 0 Å². The molecular formula is C12H19N3O. The van der Waals surface area contributed by atoms with Gasteiger partial charge in [0.15, 0.2) is 6.19 Å². The molecule has 88 valence electrons. The summed E-state index contributed by atoms with van der Waals surface area (Å²) in [5, 5.41) is 8.74. The average Bonchev–Trinajstić information content (AvgIpc) is 2.75. The number of likely N-dealkylation sites (tertiary alicyclic amines) is 2. The Bertz CT molecular complexity index is 302. The first-order chi connectivity index (χ1) is 7.70. The van der Waals surface area contributed by atoms with Crippen molar-refractivity contribution in [1.82, 2.24) is 9.80 Å². The minimum atomic E-state index is 0.162. The lowest BCUT2D eigenvalue weighted by Gasteiger charge is -2.30. The summed E-state index contributed by atoms with van der Waals surface area (Å²) in [6.07, 6.45) is 4.98. The molecule has 2 saturated heterocycles. The van der Waals surface area contributed by atoms with Gasteiger partial charge in [0.2, 0.25) is 5.91 Å². The van der Waals surface area contributed by atoms with Gasteiger partial charge < -0.3 is 9.80 Å². The van der Waals surface area contributed by atoms with Crippen LogP contribution in [0.25, 0.3) is 0 Å². The topological polar surface area (TPSA) is 47.3 Å². The van der Waals surface area contributed by atoms with E-state index in [9.17, 15) is 4.79 Å². The fraction of sp³-hybridized carbons (Fsp3) is 0.833. The molecule has 0 N–H and O–H groups in total. The molecule has 1 atom stereocenters. The number of rotatable bonds is 1. The molecule has 2 aliphatic rings. The van der Waals surface area contributed by atoms with E-state index in [2.05, 4.69) is 13.1 Å². The second-order valence-electron chi connectivity index (χ2n) is 5.04. The van der Waals surface area contributed by atoms with Crippen molar-refractivity contribution in [2.45, 2.75) is 26.2 Å². The van der Waals surface area contributed by atoms with E-state index in [0.717, 1.165) is 45.4 Å². The Labute approximate surface area is 96.8 Å². The number of carbonyl (C=O) groups excluding carboxylic acids is 1. The SMILES string of the molecule is CC1CCN(C(=O)C2CCN(C#N)CC2)C1.